The van der Waals surface area contributed by atoms with Crippen LogP contribution in [0.1, 0.15) is 33.1 Å². The van der Waals surface area contributed by atoms with Gasteiger partial charge in [0.2, 0.25) is 15.9 Å². The summed E-state index contributed by atoms with van der Waals surface area (Å²) in [5.74, 6) is -0.297. The number of nitrogens with zero attached hydrogens (tertiary/aromatic N) is 2. The Labute approximate surface area is 181 Å². The van der Waals surface area contributed by atoms with Crippen molar-refractivity contribution in [3.8, 4) is 0 Å². The Hall–Kier alpha value is -2.91. The van der Waals surface area contributed by atoms with Gasteiger partial charge in [0.25, 0.3) is 0 Å². The van der Waals surface area contributed by atoms with E-state index in [2.05, 4.69) is 10.0 Å². The highest BCUT2D eigenvalue weighted by Crippen LogP contribution is 2.17. The van der Waals surface area contributed by atoms with E-state index in [4.69, 9.17) is 0 Å². The van der Waals surface area contributed by atoms with Gasteiger partial charge in [-0.05, 0) is 43.7 Å². The monoisotopic (exact) mass is 444 g/mol. The minimum Gasteiger partial charge on any atom is -0.326 e. The Morgan fingerprint density at radius 3 is 2.39 bits per heavy atom. The van der Waals surface area contributed by atoms with Gasteiger partial charge in [0.1, 0.15) is 0 Å². The number of benzene rings is 2. The van der Waals surface area contributed by atoms with E-state index in [-0.39, 0.29) is 29.5 Å². The average molecular weight is 445 g/mol. The lowest BCUT2D eigenvalue weighted by atomic mass is 10.3. The van der Waals surface area contributed by atoms with Crippen molar-refractivity contribution in [3.05, 3.63) is 59.0 Å². The fourth-order valence-electron chi connectivity index (χ4n) is 3.44. The molecule has 0 saturated carbocycles. The first kappa shape index (κ1) is 22.8. The largest absolute Gasteiger partial charge is 0.329 e. The van der Waals surface area contributed by atoms with Crippen LogP contribution >= 0.6 is 0 Å². The summed E-state index contributed by atoms with van der Waals surface area (Å²) in [7, 11) is -3.63. The molecule has 3 rings (SSSR count). The molecular weight excluding hydrogens is 416 g/mol. The number of rotatable bonds is 10. The summed E-state index contributed by atoms with van der Waals surface area (Å²) in [5, 5.41) is 2.73. The van der Waals surface area contributed by atoms with Crippen LogP contribution in [-0.2, 0) is 27.9 Å². The molecule has 0 fully saturated rings. The van der Waals surface area contributed by atoms with Crippen molar-refractivity contribution in [1.82, 2.24) is 13.9 Å². The maximum Gasteiger partial charge on any atom is 0.329 e. The molecule has 0 atom stereocenters. The Balaban J connectivity index is 1.69. The number of amides is 1. The molecule has 9 heteroatoms. The standard InChI is InChI=1S/C22H28N4O4S/c1-3-5-14-23-31(29,30)18-10-8-9-17(16-18)24-21(27)13-15-26-20-12-7-6-11-19(20)25(4-2)22(26)28/h6-12,16,23H,3-5,13-15H2,1-2H3,(H,24,27). The number of aryl methyl sites for hydroxylation is 2. The molecule has 0 radical (unpaired) electrons. The minimum atomic E-state index is -3.63. The zero-order valence-corrected chi connectivity index (χ0v) is 18.6. The lowest BCUT2D eigenvalue weighted by molar-refractivity contribution is -0.116. The van der Waals surface area contributed by atoms with E-state index in [9.17, 15) is 18.0 Å². The van der Waals surface area contributed by atoms with E-state index in [1.165, 1.54) is 12.1 Å². The van der Waals surface area contributed by atoms with Crippen LogP contribution in [0.25, 0.3) is 11.0 Å². The van der Waals surface area contributed by atoms with E-state index in [0.29, 0.717) is 18.8 Å². The van der Waals surface area contributed by atoms with E-state index < -0.39 is 10.0 Å². The second-order valence-electron chi connectivity index (χ2n) is 7.24. The first-order valence-electron chi connectivity index (χ1n) is 10.4. The number of fused-ring (bicyclic) bond motifs is 1. The molecule has 2 aromatic carbocycles. The van der Waals surface area contributed by atoms with Gasteiger partial charge in [-0.3, -0.25) is 13.9 Å². The third kappa shape index (κ3) is 5.23. The lowest BCUT2D eigenvalue weighted by Gasteiger charge is -2.09. The van der Waals surface area contributed by atoms with E-state index in [1.807, 2.05) is 38.1 Å². The number of sulfonamides is 1. The number of aromatic nitrogens is 2. The van der Waals surface area contributed by atoms with E-state index in [0.717, 1.165) is 23.9 Å². The number of carbonyl (C=O) groups excluding carboxylic acids is 1. The van der Waals surface area contributed by atoms with Crippen molar-refractivity contribution >= 4 is 32.7 Å². The van der Waals surface area contributed by atoms with E-state index >= 15 is 0 Å². The molecular formula is C22H28N4O4S. The SMILES string of the molecule is CCCCNS(=O)(=O)c1cccc(NC(=O)CCn2c(=O)n(CC)c3ccccc32)c1. The van der Waals surface area contributed by atoms with Gasteiger partial charge in [0, 0.05) is 31.7 Å². The second-order valence-corrected chi connectivity index (χ2v) is 9.01. The summed E-state index contributed by atoms with van der Waals surface area (Å²) in [6.45, 7) is 5.04. The summed E-state index contributed by atoms with van der Waals surface area (Å²) in [6.07, 6.45) is 1.73. The van der Waals surface area contributed by atoms with E-state index in [1.54, 1.807) is 21.3 Å². The Morgan fingerprint density at radius 1 is 1.00 bits per heavy atom. The summed E-state index contributed by atoms with van der Waals surface area (Å²) in [5.41, 5.74) is 1.87. The molecule has 0 bridgehead atoms. The highest BCUT2D eigenvalue weighted by Gasteiger charge is 2.15. The van der Waals surface area contributed by atoms with Crippen LogP contribution in [0.3, 0.4) is 0 Å². The number of unbranched alkanes of at least 4 members (excludes halogenated alkanes) is 1. The van der Waals surface area contributed by atoms with Crippen molar-refractivity contribution in [1.29, 1.82) is 0 Å². The summed E-state index contributed by atoms with van der Waals surface area (Å²) >= 11 is 0. The predicted octanol–water partition coefficient (Wildman–Crippen LogP) is 2.93. The van der Waals surface area contributed by atoms with Gasteiger partial charge in [-0.1, -0.05) is 31.5 Å². The molecule has 0 saturated heterocycles. The van der Waals surface area contributed by atoms with Gasteiger partial charge in [-0.2, -0.15) is 0 Å². The van der Waals surface area contributed by atoms with Gasteiger partial charge < -0.3 is 5.32 Å². The molecule has 166 valence electrons. The van der Waals surface area contributed by atoms with Crippen molar-refractivity contribution < 1.29 is 13.2 Å². The number of carbonyl (C=O) groups is 1. The molecule has 0 unspecified atom stereocenters. The maximum atomic E-state index is 12.7. The van der Waals surface area contributed by atoms with Crippen molar-refractivity contribution in [2.24, 2.45) is 0 Å². The molecule has 1 amide bonds. The van der Waals surface area contributed by atoms with Crippen LogP contribution < -0.4 is 15.7 Å². The normalized spacial score (nSPS) is 11.7. The van der Waals surface area contributed by atoms with Crippen LogP contribution in [-0.4, -0.2) is 30.0 Å². The topological polar surface area (TPSA) is 102 Å². The number of para-hydroxylation sites is 2. The van der Waals surface area contributed by atoms with Gasteiger partial charge in [0.05, 0.1) is 15.9 Å². The molecule has 2 N–H and O–H groups in total. The van der Waals surface area contributed by atoms with Gasteiger partial charge in [-0.15, -0.1) is 0 Å². The van der Waals surface area contributed by atoms with Crippen LogP contribution in [0.5, 0.6) is 0 Å². The molecule has 0 spiro atoms. The smallest absolute Gasteiger partial charge is 0.326 e. The summed E-state index contributed by atoms with van der Waals surface area (Å²) in [6, 6.07) is 13.6. The number of imidazole rings is 1. The first-order valence-corrected chi connectivity index (χ1v) is 11.9. The molecule has 0 aliphatic carbocycles. The quantitative estimate of drug-likeness (QED) is 0.469. The summed E-state index contributed by atoms with van der Waals surface area (Å²) < 4.78 is 30.6. The number of hydrogen-bond acceptors (Lipinski definition) is 4. The molecule has 31 heavy (non-hydrogen) atoms. The van der Waals surface area contributed by atoms with Gasteiger partial charge in [-0.25, -0.2) is 17.9 Å². The fourth-order valence-corrected chi connectivity index (χ4v) is 4.56. The van der Waals surface area contributed by atoms with Gasteiger partial charge in [0.15, 0.2) is 0 Å². The third-order valence-electron chi connectivity index (χ3n) is 5.05. The number of anilines is 1. The zero-order chi connectivity index (χ0) is 22.4. The molecule has 3 aromatic rings. The third-order valence-corrected chi connectivity index (χ3v) is 6.51. The Morgan fingerprint density at radius 2 is 1.71 bits per heavy atom. The highest BCUT2D eigenvalue weighted by atomic mass is 32.2. The van der Waals surface area contributed by atoms with Crippen molar-refractivity contribution in [2.75, 3.05) is 11.9 Å². The first-order chi connectivity index (χ1) is 14.9. The maximum absolute atomic E-state index is 12.7. The number of hydrogen-bond donors (Lipinski definition) is 2. The molecule has 1 aromatic heterocycles. The zero-order valence-electron chi connectivity index (χ0n) is 17.8. The van der Waals surface area contributed by atoms with Gasteiger partial charge >= 0.3 is 5.69 Å². The molecule has 0 aliphatic heterocycles. The van der Waals surface area contributed by atoms with Crippen LogP contribution in [0.15, 0.2) is 58.2 Å². The van der Waals surface area contributed by atoms with Crippen LogP contribution in [0.4, 0.5) is 5.69 Å². The molecule has 1 heterocycles. The highest BCUT2D eigenvalue weighted by molar-refractivity contribution is 7.89. The minimum absolute atomic E-state index is 0.0867. The van der Waals surface area contributed by atoms with Crippen LogP contribution in [0, 0.1) is 0 Å². The molecule has 8 nitrogen and oxygen atoms in total. The predicted molar refractivity (Wildman–Crippen MR) is 122 cm³/mol. The van der Waals surface area contributed by atoms with Crippen LogP contribution in [0.2, 0.25) is 0 Å². The molecule has 0 aliphatic rings. The second kappa shape index (κ2) is 9.93. The Bertz CT molecular complexity index is 1230. The lowest BCUT2D eigenvalue weighted by Crippen LogP contribution is -2.26. The fraction of sp³-hybridized carbons (Fsp3) is 0.364. The Kier molecular flexibility index (Phi) is 7.29. The van der Waals surface area contributed by atoms with Crippen molar-refractivity contribution in [3.63, 3.8) is 0 Å². The van der Waals surface area contributed by atoms with Crippen molar-refractivity contribution in [2.45, 2.75) is 51.1 Å². The average Bonchev–Trinajstić information content (AvgIpc) is 3.03. The summed E-state index contributed by atoms with van der Waals surface area (Å²) in [4.78, 5) is 25.3. The number of nitrogens with one attached hydrogen (secondary N) is 2.